The Bertz CT molecular complexity index is 398. The van der Waals surface area contributed by atoms with Gasteiger partial charge < -0.3 is 4.74 Å². The highest BCUT2D eigenvalue weighted by Crippen LogP contribution is 2.18. The van der Waals surface area contributed by atoms with E-state index in [4.69, 9.17) is 4.74 Å². The van der Waals surface area contributed by atoms with Gasteiger partial charge >= 0.3 is 5.97 Å². The van der Waals surface area contributed by atoms with Crippen molar-refractivity contribution in [3.05, 3.63) is 30.1 Å². The second kappa shape index (κ2) is 6.20. The van der Waals surface area contributed by atoms with E-state index in [-0.39, 0.29) is 5.97 Å². The second-order valence-electron chi connectivity index (χ2n) is 3.69. The highest BCUT2D eigenvalue weighted by Gasteiger charge is 2.24. The molecular formula is C12H19N3O2. The summed E-state index contributed by atoms with van der Waals surface area (Å²) < 4.78 is 6.78. The average Bonchev–Trinajstić information content (AvgIpc) is 2.62. The van der Waals surface area contributed by atoms with E-state index in [9.17, 15) is 4.79 Å². The lowest BCUT2D eigenvalue weighted by Crippen LogP contribution is -2.30. The summed E-state index contributed by atoms with van der Waals surface area (Å²) in [5.41, 5.74) is 1.78. The molecule has 17 heavy (non-hydrogen) atoms. The minimum Gasteiger partial charge on any atom is -0.465 e. The van der Waals surface area contributed by atoms with Crippen LogP contribution in [0.3, 0.4) is 0 Å². The van der Waals surface area contributed by atoms with Gasteiger partial charge in [-0.05, 0) is 13.8 Å². The van der Waals surface area contributed by atoms with Gasteiger partial charge in [0.15, 0.2) is 0 Å². The molecule has 0 saturated carbocycles. The maximum Gasteiger partial charge on any atom is 0.327 e. The standard InChI is InChI=1S/C12H19N3O2/c1-5-7-13-11(12(16)17-6-2)10-8-14-15(4)9(10)3/h5,8,11,13H,1,6-7H2,2-4H3. The Morgan fingerprint density at radius 2 is 2.47 bits per heavy atom. The Morgan fingerprint density at radius 3 is 2.94 bits per heavy atom. The fraction of sp³-hybridized carbons (Fsp3) is 0.500. The van der Waals surface area contributed by atoms with Crippen molar-refractivity contribution in [1.82, 2.24) is 15.1 Å². The highest BCUT2D eigenvalue weighted by atomic mass is 16.5. The molecule has 5 heteroatoms. The molecule has 0 bridgehead atoms. The van der Waals surface area contributed by atoms with E-state index in [2.05, 4.69) is 17.0 Å². The van der Waals surface area contributed by atoms with Crippen LogP contribution in [0.2, 0.25) is 0 Å². The lowest BCUT2D eigenvalue weighted by molar-refractivity contribution is -0.145. The molecule has 0 aliphatic heterocycles. The van der Waals surface area contributed by atoms with Gasteiger partial charge in [0.05, 0.1) is 12.8 Å². The van der Waals surface area contributed by atoms with E-state index in [0.717, 1.165) is 11.3 Å². The van der Waals surface area contributed by atoms with Crippen LogP contribution in [0, 0.1) is 6.92 Å². The third-order valence-electron chi connectivity index (χ3n) is 2.57. The normalized spacial score (nSPS) is 12.2. The summed E-state index contributed by atoms with van der Waals surface area (Å²) in [6.07, 6.45) is 3.39. The fourth-order valence-corrected chi connectivity index (χ4v) is 1.55. The molecule has 1 heterocycles. The molecule has 0 saturated heterocycles. The first-order valence-electron chi connectivity index (χ1n) is 5.61. The third kappa shape index (κ3) is 3.17. The number of hydrogen-bond donors (Lipinski definition) is 1. The van der Waals surface area contributed by atoms with Gasteiger partial charge in [0.25, 0.3) is 0 Å². The molecule has 0 aliphatic carbocycles. The Kier molecular flexibility index (Phi) is 4.90. The van der Waals surface area contributed by atoms with E-state index in [1.54, 1.807) is 23.9 Å². The van der Waals surface area contributed by atoms with Crippen molar-refractivity contribution >= 4 is 5.97 Å². The first-order valence-corrected chi connectivity index (χ1v) is 5.61. The SMILES string of the molecule is C=CCNC(C(=O)OCC)c1cnn(C)c1C. The molecular weight excluding hydrogens is 218 g/mol. The van der Waals surface area contributed by atoms with Gasteiger partial charge in [-0.3, -0.25) is 10.00 Å². The highest BCUT2D eigenvalue weighted by molar-refractivity contribution is 5.77. The molecule has 0 spiro atoms. The molecule has 0 aliphatic rings. The van der Waals surface area contributed by atoms with Crippen LogP contribution in [0.5, 0.6) is 0 Å². The van der Waals surface area contributed by atoms with E-state index in [1.165, 1.54) is 0 Å². The molecule has 1 aromatic heterocycles. The lowest BCUT2D eigenvalue weighted by atomic mass is 10.1. The van der Waals surface area contributed by atoms with Crippen LogP contribution in [0.4, 0.5) is 0 Å². The number of nitrogens with one attached hydrogen (secondary N) is 1. The van der Waals surface area contributed by atoms with Gasteiger partial charge in [0.2, 0.25) is 0 Å². The van der Waals surface area contributed by atoms with Crippen LogP contribution in [0.25, 0.3) is 0 Å². The summed E-state index contributed by atoms with van der Waals surface area (Å²) in [4.78, 5) is 11.9. The monoisotopic (exact) mass is 237 g/mol. The van der Waals surface area contributed by atoms with Crippen LogP contribution < -0.4 is 5.32 Å². The molecule has 1 N–H and O–H groups in total. The van der Waals surface area contributed by atoms with Crippen LogP contribution >= 0.6 is 0 Å². The molecule has 1 atom stereocenters. The predicted molar refractivity (Wildman–Crippen MR) is 65.5 cm³/mol. The maximum absolute atomic E-state index is 11.9. The smallest absolute Gasteiger partial charge is 0.327 e. The molecule has 1 rings (SSSR count). The summed E-state index contributed by atoms with van der Waals surface area (Å²) in [7, 11) is 1.84. The minimum atomic E-state index is -0.485. The van der Waals surface area contributed by atoms with Gasteiger partial charge in [-0.1, -0.05) is 6.08 Å². The second-order valence-corrected chi connectivity index (χ2v) is 3.69. The summed E-state index contributed by atoms with van der Waals surface area (Å²) in [5.74, 6) is -0.287. The van der Waals surface area contributed by atoms with E-state index in [1.807, 2.05) is 14.0 Å². The number of hydrogen-bond acceptors (Lipinski definition) is 4. The summed E-state index contributed by atoms with van der Waals surface area (Å²) in [6, 6.07) is -0.485. The molecule has 0 aromatic carbocycles. The summed E-state index contributed by atoms with van der Waals surface area (Å²) >= 11 is 0. The Hall–Kier alpha value is -1.62. The Morgan fingerprint density at radius 1 is 1.76 bits per heavy atom. The predicted octanol–water partition coefficient (Wildman–Crippen LogP) is 1.11. The number of carbonyl (C=O) groups excluding carboxylic acids is 1. The molecule has 94 valence electrons. The van der Waals surface area contributed by atoms with Crippen molar-refractivity contribution in [3.8, 4) is 0 Å². The van der Waals surface area contributed by atoms with Gasteiger partial charge in [0, 0.05) is 24.8 Å². The number of esters is 1. The van der Waals surface area contributed by atoms with Crippen molar-refractivity contribution in [3.63, 3.8) is 0 Å². The summed E-state index contributed by atoms with van der Waals surface area (Å²) in [5, 5.41) is 7.21. The molecule has 0 fully saturated rings. The van der Waals surface area contributed by atoms with Crippen molar-refractivity contribution in [1.29, 1.82) is 0 Å². The zero-order valence-corrected chi connectivity index (χ0v) is 10.6. The largest absolute Gasteiger partial charge is 0.465 e. The number of aromatic nitrogens is 2. The van der Waals surface area contributed by atoms with Crippen molar-refractivity contribution in [2.24, 2.45) is 7.05 Å². The van der Waals surface area contributed by atoms with E-state index >= 15 is 0 Å². The molecule has 1 unspecified atom stereocenters. The van der Waals surface area contributed by atoms with Crippen molar-refractivity contribution in [2.75, 3.05) is 13.2 Å². The first-order chi connectivity index (χ1) is 8.11. The molecule has 0 amide bonds. The van der Waals surface area contributed by atoms with Gasteiger partial charge in [0.1, 0.15) is 6.04 Å². The number of aryl methyl sites for hydroxylation is 1. The number of nitrogens with zero attached hydrogens (tertiary/aromatic N) is 2. The van der Waals surface area contributed by atoms with Crippen LogP contribution in [-0.2, 0) is 16.6 Å². The number of ether oxygens (including phenoxy) is 1. The van der Waals surface area contributed by atoms with Gasteiger partial charge in [-0.2, -0.15) is 5.10 Å². The van der Waals surface area contributed by atoms with Crippen LogP contribution in [0.1, 0.15) is 24.2 Å². The fourth-order valence-electron chi connectivity index (χ4n) is 1.55. The van der Waals surface area contributed by atoms with E-state index < -0.39 is 6.04 Å². The molecule has 1 aromatic rings. The molecule has 0 radical (unpaired) electrons. The van der Waals surface area contributed by atoms with Gasteiger partial charge in [-0.25, -0.2) is 4.79 Å². The average molecular weight is 237 g/mol. The quantitative estimate of drug-likeness (QED) is 0.595. The third-order valence-corrected chi connectivity index (χ3v) is 2.57. The maximum atomic E-state index is 11.9. The van der Waals surface area contributed by atoms with Gasteiger partial charge in [-0.15, -0.1) is 6.58 Å². The minimum absolute atomic E-state index is 0.287. The topological polar surface area (TPSA) is 56.1 Å². The Balaban J connectivity index is 2.92. The molecule has 5 nitrogen and oxygen atoms in total. The van der Waals surface area contributed by atoms with E-state index in [0.29, 0.717) is 13.2 Å². The van der Waals surface area contributed by atoms with Crippen molar-refractivity contribution < 1.29 is 9.53 Å². The number of rotatable bonds is 6. The lowest BCUT2D eigenvalue weighted by Gasteiger charge is -2.16. The zero-order valence-electron chi connectivity index (χ0n) is 10.6. The van der Waals surface area contributed by atoms with Crippen molar-refractivity contribution in [2.45, 2.75) is 19.9 Å². The number of carbonyl (C=O) groups is 1. The Labute approximate surface area is 101 Å². The van der Waals surface area contributed by atoms with Crippen LogP contribution in [-0.4, -0.2) is 28.9 Å². The summed E-state index contributed by atoms with van der Waals surface area (Å²) in [6.45, 7) is 8.24. The first kappa shape index (κ1) is 13.4. The van der Waals surface area contributed by atoms with Crippen LogP contribution in [0.15, 0.2) is 18.9 Å². The zero-order chi connectivity index (χ0) is 12.8.